The zero-order chi connectivity index (χ0) is 56.0. The van der Waals surface area contributed by atoms with Gasteiger partial charge < -0.3 is 19.1 Å². The van der Waals surface area contributed by atoms with Crippen molar-refractivity contribution in [2.24, 2.45) is 0 Å². The third-order valence-corrected chi connectivity index (χ3v) is 13.0. The van der Waals surface area contributed by atoms with Crippen molar-refractivity contribution in [2.75, 3.05) is 16.5 Å². The fourth-order valence-electron chi connectivity index (χ4n) is 9.36. The molecule has 0 unspecified atom stereocenters. The van der Waals surface area contributed by atoms with Gasteiger partial charge in [0.1, 0.15) is 24.0 Å². The molecule has 1 aliphatic rings. The number of aromatic nitrogens is 3. The Kier molecular flexibility index (Phi) is 7.25. The lowest BCUT2D eigenvalue weighted by Crippen LogP contribution is -2.25. The standard InChI is InChI=1S/C61H59N5O/c1-39-17-15-24-55-58(39)64(45-32-41(60(5,6)7)31-42(33-45)61(8,9)10)38-63(55)43-18-16-19-46(35-43)67-47-26-27-50-51-36-44(65-52-22-13-11-20-48(52)49-21-12-14-23-53(49)65)25-28-54(51)66(56(50)37-47)57-34-40(29-30-62-57)59(2,3)4/h11-37H,38H2,1-10H3/i1D3,11D,12D,13D,14D,20D,21D,22D,23D. The molecule has 1 aliphatic heterocycles. The van der Waals surface area contributed by atoms with Gasteiger partial charge in [-0.15, -0.1) is 0 Å². The molecule has 11 rings (SSSR count). The van der Waals surface area contributed by atoms with Crippen molar-refractivity contribution in [1.29, 1.82) is 0 Å². The van der Waals surface area contributed by atoms with Crippen LogP contribution in [0, 0.1) is 6.85 Å². The smallest absolute Gasteiger partial charge is 0.137 e. The minimum atomic E-state index is -2.38. The third kappa shape index (κ3) is 7.30. The molecule has 6 heteroatoms. The van der Waals surface area contributed by atoms with E-state index in [2.05, 4.69) is 101 Å². The summed E-state index contributed by atoms with van der Waals surface area (Å²) in [5, 5.41) is 1.55. The monoisotopic (exact) mass is 889 g/mol. The first kappa shape index (κ1) is 31.6. The number of ether oxygens (including phenoxy) is 1. The molecule has 4 heterocycles. The van der Waals surface area contributed by atoms with E-state index in [-0.39, 0.29) is 55.7 Å². The van der Waals surface area contributed by atoms with Crippen LogP contribution < -0.4 is 14.5 Å². The van der Waals surface area contributed by atoms with Crippen LogP contribution in [0.25, 0.3) is 55.1 Å². The largest absolute Gasteiger partial charge is 0.457 e. The second-order valence-corrected chi connectivity index (χ2v) is 20.7. The predicted molar refractivity (Wildman–Crippen MR) is 282 cm³/mol. The molecule has 0 fully saturated rings. The van der Waals surface area contributed by atoms with Crippen molar-refractivity contribution in [3.8, 4) is 23.0 Å². The van der Waals surface area contributed by atoms with Gasteiger partial charge in [0.05, 0.1) is 44.4 Å². The van der Waals surface area contributed by atoms with Gasteiger partial charge in [-0.3, -0.25) is 4.57 Å². The van der Waals surface area contributed by atoms with Gasteiger partial charge in [-0.05, 0) is 130 Å². The van der Waals surface area contributed by atoms with Gasteiger partial charge in [0.25, 0.3) is 0 Å². The molecule has 0 radical (unpaired) electrons. The maximum absolute atomic E-state index is 9.13. The molecule has 0 spiro atoms. The summed E-state index contributed by atoms with van der Waals surface area (Å²) in [5.74, 6) is 1.71. The molecule has 6 nitrogen and oxygen atoms in total. The lowest BCUT2D eigenvalue weighted by molar-refractivity contribution is 0.483. The number of benzene rings is 7. The Bertz CT molecular complexity index is 4050. The zero-order valence-electron chi connectivity index (χ0n) is 50.3. The van der Waals surface area contributed by atoms with Crippen LogP contribution in [0.4, 0.5) is 22.7 Å². The van der Waals surface area contributed by atoms with Gasteiger partial charge in [-0.2, -0.15) is 0 Å². The number of rotatable bonds is 6. The molecule has 3 aromatic heterocycles. The first-order valence-electron chi connectivity index (χ1n) is 28.2. The summed E-state index contributed by atoms with van der Waals surface area (Å²) >= 11 is 0. The number of aryl methyl sites for hydroxylation is 1. The van der Waals surface area contributed by atoms with E-state index >= 15 is 0 Å². The molecule has 0 N–H and O–H groups in total. The fourth-order valence-corrected chi connectivity index (χ4v) is 9.36. The Morgan fingerprint density at radius 3 is 1.87 bits per heavy atom. The van der Waals surface area contributed by atoms with Crippen molar-refractivity contribution in [1.82, 2.24) is 14.1 Å². The number of anilines is 4. The predicted octanol–water partition coefficient (Wildman–Crippen LogP) is 16.5. The summed E-state index contributed by atoms with van der Waals surface area (Å²) in [7, 11) is 0. The first-order valence-corrected chi connectivity index (χ1v) is 22.7. The maximum atomic E-state index is 9.13. The number of hydrogen-bond acceptors (Lipinski definition) is 4. The van der Waals surface area contributed by atoms with Crippen LogP contribution in [0.5, 0.6) is 11.5 Å². The molecule has 67 heavy (non-hydrogen) atoms. The number of hydrogen-bond donors (Lipinski definition) is 0. The summed E-state index contributed by atoms with van der Waals surface area (Å²) in [6.07, 6.45) is 1.79. The lowest BCUT2D eigenvalue weighted by Gasteiger charge is -2.29. The Morgan fingerprint density at radius 1 is 0.507 bits per heavy atom. The molecular formula is C61H59N5O. The Labute approximate surface area is 410 Å². The molecule has 0 bridgehead atoms. The van der Waals surface area contributed by atoms with Gasteiger partial charge in [-0.25, -0.2) is 4.98 Å². The maximum Gasteiger partial charge on any atom is 0.137 e. The van der Waals surface area contributed by atoms with Crippen LogP contribution in [-0.4, -0.2) is 20.8 Å². The van der Waals surface area contributed by atoms with E-state index in [4.69, 9.17) is 24.8 Å². The molecular weight excluding hydrogens is 819 g/mol. The van der Waals surface area contributed by atoms with Crippen LogP contribution >= 0.6 is 0 Å². The summed E-state index contributed by atoms with van der Waals surface area (Å²) in [5.41, 5.74) is 8.18. The summed E-state index contributed by atoms with van der Waals surface area (Å²) in [4.78, 5) is 9.14. The van der Waals surface area contributed by atoms with Crippen LogP contribution in [0.15, 0.2) is 164 Å². The van der Waals surface area contributed by atoms with Gasteiger partial charge in [-0.1, -0.05) is 123 Å². The van der Waals surface area contributed by atoms with Gasteiger partial charge >= 0.3 is 0 Å². The van der Waals surface area contributed by atoms with Crippen LogP contribution in [-0.2, 0) is 16.2 Å². The van der Waals surface area contributed by atoms with E-state index in [0.717, 1.165) is 55.6 Å². The molecule has 334 valence electrons. The number of nitrogens with zero attached hydrogens (tertiary/aromatic N) is 5. The lowest BCUT2D eigenvalue weighted by atomic mass is 9.80. The highest BCUT2D eigenvalue weighted by molar-refractivity contribution is 6.12. The van der Waals surface area contributed by atoms with Crippen molar-refractivity contribution in [3.63, 3.8) is 0 Å². The van der Waals surface area contributed by atoms with E-state index in [0.29, 0.717) is 35.4 Å². The quantitative estimate of drug-likeness (QED) is 0.167. The van der Waals surface area contributed by atoms with Crippen molar-refractivity contribution in [2.45, 2.75) is 85.4 Å². The molecule has 0 amide bonds. The molecule has 0 atom stereocenters. The van der Waals surface area contributed by atoms with Crippen molar-refractivity contribution >= 4 is 66.4 Å². The second-order valence-electron chi connectivity index (χ2n) is 20.7. The summed E-state index contributed by atoms with van der Waals surface area (Å²) in [6.45, 7) is 17.5. The second kappa shape index (κ2) is 15.4. The number of fused-ring (bicyclic) bond motifs is 7. The van der Waals surface area contributed by atoms with Gasteiger partial charge in [0.2, 0.25) is 0 Å². The Morgan fingerprint density at radius 2 is 1.18 bits per heavy atom. The molecule has 10 aromatic rings. The average Bonchev–Trinajstić information content (AvgIpc) is 4.29. The van der Waals surface area contributed by atoms with Crippen LogP contribution in [0.3, 0.4) is 0 Å². The van der Waals surface area contributed by atoms with Crippen molar-refractivity contribution < 1.29 is 19.8 Å². The minimum Gasteiger partial charge on any atom is -0.457 e. The molecule has 7 aromatic carbocycles. The van der Waals surface area contributed by atoms with E-state index in [1.807, 2.05) is 66.7 Å². The van der Waals surface area contributed by atoms with Gasteiger partial charge in [0, 0.05) is 61.0 Å². The van der Waals surface area contributed by atoms with Crippen LogP contribution in [0.2, 0.25) is 0 Å². The average molecular weight is 889 g/mol. The normalized spacial score (nSPS) is 15.9. The summed E-state index contributed by atoms with van der Waals surface area (Å²) < 4.78 is 107. The molecule has 0 saturated carbocycles. The van der Waals surface area contributed by atoms with E-state index < -0.39 is 43.1 Å². The topological polar surface area (TPSA) is 38.5 Å². The van der Waals surface area contributed by atoms with Crippen molar-refractivity contribution in [3.05, 3.63) is 186 Å². The Hall–Kier alpha value is -7.31. The van der Waals surface area contributed by atoms with Gasteiger partial charge in [0.15, 0.2) is 0 Å². The van der Waals surface area contributed by atoms with E-state index in [9.17, 15) is 0 Å². The number of pyridine rings is 1. The SMILES string of the molecule is [2H]c1c([2H])c([2H])c2c(c1[2H])c1c([2H])c([2H])c([2H])c([2H])c1n2-c1ccc2c(c1)c1ccc(Oc3cccc(N4CN(c5cc(C(C)(C)C)cc(C(C)(C)C)c5)c5c4cccc5C([2H])([2H])[2H])c3)cc1n2-c1cc(C(C)(C)C)ccn1. The molecule has 0 aliphatic carbocycles. The van der Waals surface area contributed by atoms with Crippen LogP contribution in [0.1, 0.15) is 99.6 Å². The highest BCUT2D eigenvalue weighted by atomic mass is 16.5. The summed E-state index contributed by atoms with van der Waals surface area (Å²) in [6, 6.07) is 31.7. The minimum absolute atomic E-state index is 0.00627. The van der Waals surface area contributed by atoms with E-state index in [1.54, 1.807) is 24.4 Å². The number of para-hydroxylation sites is 3. The zero-order valence-corrected chi connectivity index (χ0v) is 39.3. The highest BCUT2D eigenvalue weighted by Gasteiger charge is 2.32. The Balaban J connectivity index is 1.06. The first-order chi connectivity index (χ1) is 36.5. The molecule has 0 saturated heterocycles. The van der Waals surface area contributed by atoms with E-state index in [1.165, 1.54) is 4.57 Å². The highest BCUT2D eigenvalue weighted by Crippen LogP contribution is 2.48. The third-order valence-electron chi connectivity index (χ3n) is 13.0. The fraction of sp³-hybridized carbons (Fsp3) is 0.230.